The maximum Gasteiger partial charge on any atom is 0.239 e. The number of carbonyl (C=O) groups excluding carboxylic acids is 1. The van der Waals surface area contributed by atoms with Gasteiger partial charge < -0.3 is 9.88 Å². The van der Waals surface area contributed by atoms with Crippen molar-refractivity contribution in [2.75, 3.05) is 25.0 Å². The SMILES string of the molecule is Cc1nonc1NC(=O)CN1CCC[C@H](c2nc3ccccc3n2C)C1. The lowest BCUT2D eigenvalue weighted by atomic mass is 9.97. The van der Waals surface area contributed by atoms with Gasteiger partial charge in [-0.25, -0.2) is 9.61 Å². The van der Waals surface area contributed by atoms with Crippen LogP contribution in [0.1, 0.15) is 30.3 Å². The topological polar surface area (TPSA) is 89.1 Å². The van der Waals surface area contributed by atoms with Crippen molar-refractivity contribution in [1.82, 2.24) is 24.8 Å². The van der Waals surface area contributed by atoms with E-state index in [4.69, 9.17) is 4.98 Å². The third-order valence-corrected chi connectivity index (χ3v) is 4.97. The van der Waals surface area contributed by atoms with Crippen LogP contribution in [0.25, 0.3) is 11.0 Å². The van der Waals surface area contributed by atoms with E-state index in [1.54, 1.807) is 6.92 Å². The number of hydrogen-bond donors (Lipinski definition) is 1. The molecule has 26 heavy (non-hydrogen) atoms. The lowest BCUT2D eigenvalue weighted by molar-refractivity contribution is -0.117. The molecule has 8 heteroatoms. The monoisotopic (exact) mass is 354 g/mol. The number of fused-ring (bicyclic) bond motifs is 1. The zero-order valence-corrected chi connectivity index (χ0v) is 15.0. The molecule has 1 amide bonds. The molecule has 4 rings (SSSR count). The second kappa shape index (κ2) is 6.87. The van der Waals surface area contributed by atoms with Gasteiger partial charge in [0.15, 0.2) is 5.82 Å². The Balaban J connectivity index is 1.44. The Labute approximate surface area is 151 Å². The normalized spacial score (nSPS) is 18.3. The minimum atomic E-state index is -0.102. The molecule has 8 nitrogen and oxygen atoms in total. The second-order valence-corrected chi connectivity index (χ2v) is 6.84. The van der Waals surface area contributed by atoms with Crippen molar-refractivity contribution >= 4 is 22.8 Å². The van der Waals surface area contributed by atoms with Gasteiger partial charge in [-0.3, -0.25) is 9.69 Å². The van der Waals surface area contributed by atoms with E-state index in [2.05, 4.69) is 42.8 Å². The van der Waals surface area contributed by atoms with E-state index in [0.29, 0.717) is 24.0 Å². The number of para-hydroxylation sites is 2. The van der Waals surface area contributed by atoms with Gasteiger partial charge in [0.05, 0.1) is 17.6 Å². The van der Waals surface area contributed by atoms with Crippen molar-refractivity contribution in [1.29, 1.82) is 0 Å². The number of amides is 1. The van der Waals surface area contributed by atoms with Gasteiger partial charge in [-0.05, 0) is 43.6 Å². The molecular formula is C18H22N6O2. The molecule has 1 aliphatic rings. The van der Waals surface area contributed by atoms with Crippen LogP contribution in [0, 0.1) is 6.92 Å². The molecule has 1 N–H and O–H groups in total. The van der Waals surface area contributed by atoms with Crippen LogP contribution in [0.5, 0.6) is 0 Å². The van der Waals surface area contributed by atoms with Crippen molar-refractivity contribution in [3.8, 4) is 0 Å². The Kier molecular flexibility index (Phi) is 4.42. The van der Waals surface area contributed by atoms with Gasteiger partial charge in [0.1, 0.15) is 11.5 Å². The van der Waals surface area contributed by atoms with E-state index in [1.165, 1.54) is 0 Å². The number of anilines is 1. The first-order valence-corrected chi connectivity index (χ1v) is 8.84. The molecular weight excluding hydrogens is 332 g/mol. The lowest BCUT2D eigenvalue weighted by Gasteiger charge is -2.31. The fourth-order valence-electron chi connectivity index (χ4n) is 3.66. The lowest BCUT2D eigenvalue weighted by Crippen LogP contribution is -2.40. The number of carbonyl (C=O) groups is 1. The molecule has 136 valence electrons. The largest absolute Gasteiger partial charge is 0.331 e. The van der Waals surface area contributed by atoms with E-state index in [0.717, 1.165) is 42.8 Å². The summed E-state index contributed by atoms with van der Waals surface area (Å²) in [6, 6.07) is 8.18. The molecule has 1 atom stereocenters. The van der Waals surface area contributed by atoms with Crippen LogP contribution in [0.3, 0.4) is 0 Å². The van der Waals surface area contributed by atoms with E-state index in [9.17, 15) is 4.79 Å². The summed E-state index contributed by atoms with van der Waals surface area (Å²) in [5, 5.41) is 10.1. The molecule has 3 heterocycles. The van der Waals surface area contributed by atoms with Crippen LogP contribution in [0.15, 0.2) is 28.9 Å². The average Bonchev–Trinajstić information content (AvgIpc) is 3.19. The highest BCUT2D eigenvalue weighted by atomic mass is 16.6. The summed E-state index contributed by atoms with van der Waals surface area (Å²) in [6.07, 6.45) is 2.13. The number of benzene rings is 1. The van der Waals surface area contributed by atoms with Crippen LogP contribution in [-0.4, -0.2) is 50.3 Å². The van der Waals surface area contributed by atoms with Crippen LogP contribution < -0.4 is 5.32 Å². The summed E-state index contributed by atoms with van der Waals surface area (Å²) in [5.41, 5.74) is 2.75. The third-order valence-electron chi connectivity index (χ3n) is 4.97. The van der Waals surface area contributed by atoms with E-state index in [1.807, 2.05) is 18.2 Å². The van der Waals surface area contributed by atoms with Crippen molar-refractivity contribution in [2.45, 2.75) is 25.7 Å². The van der Waals surface area contributed by atoms with Gasteiger partial charge in [0.25, 0.3) is 0 Å². The molecule has 1 aliphatic heterocycles. The number of hydrogen-bond acceptors (Lipinski definition) is 6. The first-order valence-electron chi connectivity index (χ1n) is 8.84. The minimum absolute atomic E-state index is 0.102. The number of nitrogens with one attached hydrogen (secondary N) is 1. The molecule has 0 bridgehead atoms. The number of likely N-dealkylation sites (tertiary alicyclic amines) is 1. The highest BCUT2D eigenvalue weighted by Crippen LogP contribution is 2.28. The Morgan fingerprint density at radius 1 is 1.35 bits per heavy atom. The molecule has 0 radical (unpaired) electrons. The minimum Gasteiger partial charge on any atom is -0.331 e. The molecule has 2 aromatic heterocycles. The molecule has 0 saturated carbocycles. The third kappa shape index (κ3) is 3.20. The van der Waals surface area contributed by atoms with Gasteiger partial charge in [0, 0.05) is 19.5 Å². The Bertz CT molecular complexity index is 931. The molecule has 0 spiro atoms. The van der Waals surface area contributed by atoms with Gasteiger partial charge >= 0.3 is 0 Å². The first-order chi connectivity index (χ1) is 12.6. The van der Waals surface area contributed by atoms with Crippen LogP contribution in [0.2, 0.25) is 0 Å². The molecule has 0 unspecified atom stereocenters. The number of imidazole rings is 1. The summed E-state index contributed by atoms with van der Waals surface area (Å²) >= 11 is 0. The standard InChI is InChI=1S/C18H22N6O2/c1-12-17(22-26-21-12)20-16(25)11-24-9-5-6-13(10-24)18-19-14-7-3-4-8-15(14)23(18)2/h3-4,7-8,13H,5-6,9-11H2,1-2H3,(H,20,22,25)/t13-/m0/s1. The predicted molar refractivity (Wildman–Crippen MR) is 96.8 cm³/mol. The highest BCUT2D eigenvalue weighted by Gasteiger charge is 2.26. The van der Waals surface area contributed by atoms with Crippen molar-refractivity contribution in [3.63, 3.8) is 0 Å². The quantitative estimate of drug-likeness (QED) is 0.772. The van der Waals surface area contributed by atoms with Gasteiger partial charge in [-0.1, -0.05) is 17.3 Å². The smallest absolute Gasteiger partial charge is 0.239 e. The van der Waals surface area contributed by atoms with E-state index in [-0.39, 0.29) is 5.91 Å². The Morgan fingerprint density at radius 3 is 2.96 bits per heavy atom. The second-order valence-electron chi connectivity index (χ2n) is 6.84. The Morgan fingerprint density at radius 2 is 2.19 bits per heavy atom. The maximum absolute atomic E-state index is 12.3. The fraction of sp³-hybridized carbons (Fsp3) is 0.444. The van der Waals surface area contributed by atoms with E-state index < -0.39 is 0 Å². The fourth-order valence-corrected chi connectivity index (χ4v) is 3.66. The molecule has 1 fully saturated rings. The molecule has 1 aromatic carbocycles. The summed E-state index contributed by atoms with van der Waals surface area (Å²) < 4.78 is 6.79. The molecule has 3 aromatic rings. The van der Waals surface area contributed by atoms with Gasteiger partial charge in [-0.15, -0.1) is 0 Å². The summed E-state index contributed by atoms with van der Waals surface area (Å²) in [5.74, 6) is 1.70. The number of rotatable bonds is 4. The van der Waals surface area contributed by atoms with Crippen LogP contribution >= 0.6 is 0 Å². The highest BCUT2D eigenvalue weighted by molar-refractivity contribution is 5.91. The van der Waals surface area contributed by atoms with Crippen molar-refractivity contribution < 1.29 is 9.42 Å². The summed E-state index contributed by atoms with van der Waals surface area (Å²) in [7, 11) is 2.07. The zero-order valence-electron chi connectivity index (χ0n) is 15.0. The summed E-state index contributed by atoms with van der Waals surface area (Å²) in [4.78, 5) is 19.3. The number of aryl methyl sites for hydroxylation is 2. The first kappa shape index (κ1) is 16.7. The zero-order chi connectivity index (χ0) is 18.1. The molecule has 0 aliphatic carbocycles. The number of aromatic nitrogens is 4. The predicted octanol–water partition coefficient (Wildman–Crippen LogP) is 2.08. The van der Waals surface area contributed by atoms with Crippen molar-refractivity contribution in [3.05, 3.63) is 35.8 Å². The van der Waals surface area contributed by atoms with E-state index >= 15 is 0 Å². The van der Waals surface area contributed by atoms with Crippen LogP contribution in [-0.2, 0) is 11.8 Å². The Hall–Kier alpha value is -2.74. The van der Waals surface area contributed by atoms with Gasteiger partial charge in [0.2, 0.25) is 5.91 Å². The summed E-state index contributed by atoms with van der Waals surface area (Å²) in [6.45, 7) is 3.80. The van der Waals surface area contributed by atoms with Gasteiger partial charge in [-0.2, -0.15) is 0 Å². The number of nitrogens with zero attached hydrogens (tertiary/aromatic N) is 5. The maximum atomic E-state index is 12.3. The average molecular weight is 354 g/mol. The van der Waals surface area contributed by atoms with Crippen LogP contribution in [0.4, 0.5) is 5.82 Å². The number of piperidine rings is 1. The molecule has 1 saturated heterocycles. The van der Waals surface area contributed by atoms with Crippen molar-refractivity contribution in [2.24, 2.45) is 7.05 Å².